The molecule has 2 bridgehead atoms. The van der Waals surface area contributed by atoms with E-state index in [9.17, 15) is 4.79 Å². The van der Waals surface area contributed by atoms with Crippen LogP contribution in [0.4, 0.5) is 0 Å². The van der Waals surface area contributed by atoms with E-state index in [1.165, 1.54) is 12.8 Å². The molecule has 1 N–H and O–H groups in total. The molecule has 0 spiro atoms. The Morgan fingerprint density at radius 3 is 2.68 bits per heavy atom. The molecule has 0 saturated carbocycles. The van der Waals surface area contributed by atoms with Gasteiger partial charge in [0.2, 0.25) is 5.91 Å². The maximum absolute atomic E-state index is 12.8. The summed E-state index contributed by atoms with van der Waals surface area (Å²) in [7, 11) is 0. The second-order valence-electron chi connectivity index (χ2n) is 7.55. The fourth-order valence-corrected chi connectivity index (χ4v) is 4.81. The molecule has 3 fully saturated rings. The van der Waals surface area contributed by atoms with E-state index in [0.717, 1.165) is 18.4 Å². The molecule has 3 unspecified atom stereocenters. The van der Waals surface area contributed by atoms with Crippen LogP contribution in [0.1, 0.15) is 43.8 Å². The zero-order valence-corrected chi connectivity index (χ0v) is 15.7. The van der Waals surface area contributed by atoms with Crippen molar-refractivity contribution in [2.24, 2.45) is 5.92 Å². The number of piperidine rings is 1. The molecular formula is C19H24Cl2N2O2. The van der Waals surface area contributed by atoms with Gasteiger partial charge in [-0.15, -0.1) is 0 Å². The van der Waals surface area contributed by atoms with E-state index in [2.05, 4.69) is 5.32 Å². The SMILES string of the molecule is O=C(CC1CC2CCC(C1)N2)N1CCOC(c2ccc(Cl)c(Cl)c2)C1. The van der Waals surface area contributed by atoms with E-state index in [4.69, 9.17) is 27.9 Å². The molecular weight excluding hydrogens is 359 g/mol. The lowest BCUT2D eigenvalue weighted by Gasteiger charge is -2.35. The van der Waals surface area contributed by atoms with Crippen molar-refractivity contribution in [3.8, 4) is 0 Å². The maximum atomic E-state index is 12.8. The smallest absolute Gasteiger partial charge is 0.223 e. The molecule has 4 rings (SSSR count). The van der Waals surface area contributed by atoms with Crippen molar-refractivity contribution in [3.63, 3.8) is 0 Å². The Balaban J connectivity index is 1.37. The van der Waals surface area contributed by atoms with Gasteiger partial charge >= 0.3 is 0 Å². The van der Waals surface area contributed by atoms with E-state index in [-0.39, 0.29) is 12.0 Å². The third-order valence-corrected chi connectivity index (χ3v) is 6.51. The second-order valence-corrected chi connectivity index (χ2v) is 8.37. The molecule has 0 aromatic heterocycles. The minimum atomic E-state index is -0.128. The molecule has 25 heavy (non-hydrogen) atoms. The Hall–Kier alpha value is -0.810. The van der Waals surface area contributed by atoms with Crippen LogP contribution in [0.25, 0.3) is 0 Å². The van der Waals surface area contributed by atoms with Crippen LogP contribution in [0.5, 0.6) is 0 Å². The Bertz CT molecular complexity index is 642. The van der Waals surface area contributed by atoms with Crippen LogP contribution in [-0.4, -0.2) is 42.6 Å². The van der Waals surface area contributed by atoms with Crippen molar-refractivity contribution in [2.45, 2.75) is 50.3 Å². The van der Waals surface area contributed by atoms with Crippen molar-refractivity contribution in [1.29, 1.82) is 0 Å². The zero-order valence-electron chi connectivity index (χ0n) is 14.2. The first-order valence-corrected chi connectivity index (χ1v) is 9.94. The standard InChI is InChI=1S/C19H24Cl2N2O2/c20-16-4-1-13(10-17(16)21)18-11-23(5-6-25-18)19(24)9-12-7-14-2-3-15(8-12)22-14/h1,4,10,12,14-15,18,22H,2-3,5-9,11H2. The van der Waals surface area contributed by atoms with Gasteiger partial charge in [0.25, 0.3) is 0 Å². The topological polar surface area (TPSA) is 41.6 Å². The van der Waals surface area contributed by atoms with Crippen LogP contribution in [0, 0.1) is 5.92 Å². The molecule has 6 heteroatoms. The van der Waals surface area contributed by atoms with Gasteiger partial charge in [0.05, 0.1) is 23.2 Å². The highest BCUT2D eigenvalue weighted by molar-refractivity contribution is 6.42. The van der Waals surface area contributed by atoms with Crippen LogP contribution in [0.2, 0.25) is 10.0 Å². The van der Waals surface area contributed by atoms with Crippen molar-refractivity contribution in [1.82, 2.24) is 10.2 Å². The summed E-state index contributed by atoms with van der Waals surface area (Å²) in [5.41, 5.74) is 0.979. The first kappa shape index (κ1) is 17.6. The Morgan fingerprint density at radius 2 is 1.96 bits per heavy atom. The van der Waals surface area contributed by atoms with Gasteiger partial charge in [-0.2, -0.15) is 0 Å². The molecule has 0 radical (unpaired) electrons. The van der Waals surface area contributed by atoms with Crippen molar-refractivity contribution in [2.75, 3.05) is 19.7 Å². The number of fused-ring (bicyclic) bond motifs is 2. The molecule has 3 saturated heterocycles. The van der Waals surface area contributed by atoms with Crippen molar-refractivity contribution >= 4 is 29.1 Å². The highest BCUT2D eigenvalue weighted by Gasteiger charge is 2.35. The number of ether oxygens (including phenoxy) is 1. The molecule has 136 valence electrons. The first-order chi connectivity index (χ1) is 12.1. The molecule has 3 aliphatic rings. The number of carbonyl (C=O) groups is 1. The summed E-state index contributed by atoms with van der Waals surface area (Å²) in [5.74, 6) is 0.789. The van der Waals surface area contributed by atoms with Crippen LogP contribution in [-0.2, 0) is 9.53 Å². The van der Waals surface area contributed by atoms with Crippen molar-refractivity contribution < 1.29 is 9.53 Å². The number of hydrogen-bond acceptors (Lipinski definition) is 3. The summed E-state index contributed by atoms with van der Waals surface area (Å²) in [5, 5.41) is 4.70. The summed E-state index contributed by atoms with van der Waals surface area (Å²) in [6.07, 6.45) is 5.36. The predicted molar refractivity (Wildman–Crippen MR) is 99.0 cm³/mol. The lowest BCUT2D eigenvalue weighted by atomic mass is 9.89. The summed E-state index contributed by atoms with van der Waals surface area (Å²) < 4.78 is 5.87. The number of nitrogens with zero attached hydrogens (tertiary/aromatic N) is 1. The van der Waals surface area contributed by atoms with Gasteiger partial charge in [-0.25, -0.2) is 0 Å². The molecule has 3 heterocycles. The lowest BCUT2D eigenvalue weighted by Crippen LogP contribution is -2.44. The van der Waals surface area contributed by atoms with Gasteiger partial charge in [-0.1, -0.05) is 29.3 Å². The van der Waals surface area contributed by atoms with Gasteiger partial charge < -0.3 is 15.0 Å². The van der Waals surface area contributed by atoms with Crippen LogP contribution in [0.15, 0.2) is 18.2 Å². The fraction of sp³-hybridized carbons (Fsp3) is 0.632. The molecule has 0 aliphatic carbocycles. The molecule has 1 aromatic carbocycles. The van der Waals surface area contributed by atoms with Gasteiger partial charge in [0, 0.05) is 25.0 Å². The summed E-state index contributed by atoms with van der Waals surface area (Å²) in [6, 6.07) is 6.81. The quantitative estimate of drug-likeness (QED) is 0.863. The zero-order chi connectivity index (χ0) is 17.4. The second kappa shape index (κ2) is 7.43. The molecule has 1 amide bonds. The number of halogens is 2. The number of benzene rings is 1. The summed E-state index contributed by atoms with van der Waals surface area (Å²) >= 11 is 12.1. The number of carbonyl (C=O) groups excluding carboxylic acids is 1. The largest absolute Gasteiger partial charge is 0.370 e. The maximum Gasteiger partial charge on any atom is 0.223 e. The average molecular weight is 383 g/mol. The van der Waals surface area contributed by atoms with E-state index in [1.807, 2.05) is 17.0 Å². The predicted octanol–water partition coefficient (Wildman–Crippen LogP) is 3.81. The lowest BCUT2D eigenvalue weighted by molar-refractivity contribution is -0.140. The summed E-state index contributed by atoms with van der Waals surface area (Å²) in [4.78, 5) is 14.8. The number of rotatable bonds is 3. The van der Waals surface area contributed by atoms with E-state index in [1.54, 1.807) is 6.07 Å². The molecule has 3 atom stereocenters. The monoisotopic (exact) mass is 382 g/mol. The van der Waals surface area contributed by atoms with Gasteiger partial charge in [0.1, 0.15) is 6.10 Å². The van der Waals surface area contributed by atoms with Crippen molar-refractivity contribution in [3.05, 3.63) is 33.8 Å². The van der Waals surface area contributed by atoms with Crippen LogP contribution in [0.3, 0.4) is 0 Å². The minimum Gasteiger partial charge on any atom is -0.370 e. The number of hydrogen-bond donors (Lipinski definition) is 1. The van der Waals surface area contributed by atoms with Gasteiger partial charge in [0.15, 0.2) is 0 Å². The van der Waals surface area contributed by atoms with E-state index < -0.39 is 0 Å². The molecule has 3 aliphatic heterocycles. The molecule has 1 aromatic rings. The van der Waals surface area contributed by atoms with Gasteiger partial charge in [-0.05, 0) is 49.3 Å². The Labute approximate surface area is 158 Å². The highest BCUT2D eigenvalue weighted by Crippen LogP contribution is 2.34. The number of amides is 1. The minimum absolute atomic E-state index is 0.128. The number of morpholine rings is 1. The van der Waals surface area contributed by atoms with Crippen LogP contribution < -0.4 is 5.32 Å². The average Bonchev–Trinajstić information content (AvgIpc) is 2.96. The first-order valence-electron chi connectivity index (χ1n) is 9.19. The number of nitrogens with one attached hydrogen (secondary N) is 1. The van der Waals surface area contributed by atoms with E-state index >= 15 is 0 Å². The summed E-state index contributed by atoms with van der Waals surface area (Å²) in [6.45, 7) is 1.83. The van der Waals surface area contributed by atoms with E-state index in [0.29, 0.717) is 54.2 Å². The normalized spacial score (nSPS) is 32.0. The highest BCUT2D eigenvalue weighted by atomic mass is 35.5. The molecule has 4 nitrogen and oxygen atoms in total. The van der Waals surface area contributed by atoms with Gasteiger partial charge in [-0.3, -0.25) is 4.79 Å². The Kier molecular flexibility index (Phi) is 5.23. The third kappa shape index (κ3) is 3.97. The van der Waals surface area contributed by atoms with Crippen LogP contribution >= 0.6 is 23.2 Å². The Morgan fingerprint density at radius 1 is 1.20 bits per heavy atom. The fourth-order valence-electron chi connectivity index (χ4n) is 4.51. The third-order valence-electron chi connectivity index (χ3n) is 5.77.